The first-order valence-corrected chi connectivity index (χ1v) is 5.54. The van der Waals surface area contributed by atoms with E-state index in [1.54, 1.807) is 0 Å². The van der Waals surface area contributed by atoms with Gasteiger partial charge in [-0.2, -0.15) is 0 Å². The monoisotopic (exact) mass is 299 g/mol. The molecule has 0 radical (unpaired) electrons. The third kappa shape index (κ3) is 2.55. The number of halogens is 3. The molecular formula is C12H8BrF2NO. The molecule has 2 N–H and O–H groups in total. The molecule has 0 amide bonds. The molecule has 0 aliphatic heterocycles. The maximum absolute atomic E-state index is 13.2. The van der Waals surface area contributed by atoms with E-state index in [0.717, 1.165) is 0 Å². The molecule has 2 aromatic carbocycles. The molecule has 0 bridgehead atoms. The van der Waals surface area contributed by atoms with E-state index < -0.39 is 11.6 Å². The van der Waals surface area contributed by atoms with E-state index in [4.69, 9.17) is 10.5 Å². The fourth-order valence-corrected chi connectivity index (χ4v) is 1.71. The average Bonchev–Trinajstić information content (AvgIpc) is 2.28. The first kappa shape index (κ1) is 11.9. The summed E-state index contributed by atoms with van der Waals surface area (Å²) in [4.78, 5) is 0. The molecule has 0 unspecified atom stereocenters. The first-order valence-electron chi connectivity index (χ1n) is 4.75. The van der Waals surface area contributed by atoms with Gasteiger partial charge in [0.25, 0.3) is 0 Å². The predicted octanol–water partition coefficient (Wildman–Crippen LogP) is 4.10. The Balaban J connectivity index is 2.35. The van der Waals surface area contributed by atoms with Crippen molar-refractivity contribution in [2.24, 2.45) is 0 Å². The van der Waals surface area contributed by atoms with Gasteiger partial charge in [0.2, 0.25) is 0 Å². The third-order valence-electron chi connectivity index (χ3n) is 2.13. The maximum Gasteiger partial charge on any atom is 0.153 e. The summed E-state index contributed by atoms with van der Waals surface area (Å²) in [7, 11) is 0. The molecule has 5 heteroatoms. The van der Waals surface area contributed by atoms with Crippen molar-refractivity contribution in [1.29, 1.82) is 0 Å². The van der Waals surface area contributed by atoms with Gasteiger partial charge in [-0.05, 0) is 46.3 Å². The van der Waals surface area contributed by atoms with Crippen LogP contribution in [0.15, 0.2) is 40.9 Å². The molecule has 0 fully saturated rings. The second-order valence-corrected chi connectivity index (χ2v) is 4.18. The van der Waals surface area contributed by atoms with E-state index in [1.165, 1.54) is 36.4 Å². The number of anilines is 1. The number of hydrogen-bond acceptors (Lipinski definition) is 2. The van der Waals surface area contributed by atoms with Gasteiger partial charge in [0.1, 0.15) is 23.1 Å². The van der Waals surface area contributed by atoms with Crippen molar-refractivity contribution in [3.63, 3.8) is 0 Å². The second kappa shape index (κ2) is 4.71. The number of ether oxygens (including phenoxy) is 1. The van der Waals surface area contributed by atoms with Gasteiger partial charge in [0, 0.05) is 0 Å². The Labute approximate surface area is 105 Å². The molecule has 88 valence electrons. The molecular weight excluding hydrogens is 292 g/mol. The molecule has 0 spiro atoms. The van der Waals surface area contributed by atoms with E-state index in [1.807, 2.05) is 0 Å². The van der Waals surface area contributed by atoms with Crippen molar-refractivity contribution in [1.82, 2.24) is 0 Å². The Morgan fingerprint density at radius 3 is 2.53 bits per heavy atom. The fourth-order valence-electron chi connectivity index (χ4n) is 1.28. The smallest absolute Gasteiger partial charge is 0.153 e. The summed E-state index contributed by atoms with van der Waals surface area (Å²) in [6.45, 7) is 0. The van der Waals surface area contributed by atoms with Crippen LogP contribution in [-0.4, -0.2) is 0 Å². The Hall–Kier alpha value is -1.62. The van der Waals surface area contributed by atoms with Crippen LogP contribution in [0.5, 0.6) is 11.5 Å². The highest BCUT2D eigenvalue weighted by Crippen LogP contribution is 2.33. The lowest BCUT2D eigenvalue weighted by atomic mass is 10.3. The molecule has 0 aliphatic carbocycles. The van der Waals surface area contributed by atoms with Crippen molar-refractivity contribution in [2.45, 2.75) is 0 Å². The lowest BCUT2D eigenvalue weighted by Gasteiger charge is -2.10. The lowest BCUT2D eigenvalue weighted by Crippen LogP contribution is -1.95. The highest BCUT2D eigenvalue weighted by molar-refractivity contribution is 9.10. The molecule has 0 saturated heterocycles. The standard InChI is InChI=1S/C12H8BrF2NO/c13-8-6-7(14)4-5-10(8)17-11-3-1-2-9(15)12(11)16/h1-6H,16H2. The summed E-state index contributed by atoms with van der Waals surface area (Å²) >= 11 is 3.15. The summed E-state index contributed by atoms with van der Waals surface area (Å²) in [5.41, 5.74) is 5.44. The quantitative estimate of drug-likeness (QED) is 0.847. The molecule has 0 saturated carbocycles. The van der Waals surface area contributed by atoms with Crippen molar-refractivity contribution >= 4 is 21.6 Å². The molecule has 2 rings (SSSR count). The Morgan fingerprint density at radius 2 is 1.82 bits per heavy atom. The van der Waals surface area contributed by atoms with Crippen LogP contribution in [0.2, 0.25) is 0 Å². The highest BCUT2D eigenvalue weighted by Gasteiger charge is 2.09. The molecule has 17 heavy (non-hydrogen) atoms. The number of benzene rings is 2. The highest BCUT2D eigenvalue weighted by atomic mass is 79.9. The van der Waals surface area contributed by atoms with Crippen molar-refractivity contribution in [2.75, 3.05) is 5.73 Å². The normalized spacial score (nSPS) is 10.3. The van der Waals surface area contributed by atoms with E-state index in [9.17, 15) is 8.78 Å². The summed E-state index contributed by atoms with van der Waals surface area (Å²) in [5, 5.41) is 0. The molecule has 0 heterocycles. The van der Waals surface area contributed by atoms with Crippen LogP contribution < -0.4 is 10.5 Å². The predicted molar refractivity (Wildman–Crippen MR) is 65.0 cm³/mol. The van der Waals surface area contributed by atoms with Gasteiger partial charge in [-0.15, -0.1) is 0 Å². The first-order chi connectivity index (χ1) is 8.08. The number of nitrogens with two attached hydrogens (primary N) is 1. The van der Waals surface area contributed by atoms with E-state index >= 15 is 0 Å². The van der Waals surface area contributed by atoms with Crippen molar-refractivity contribution < 1.29 is 13.5 Å². The molecule has 2 aromatic rings. The van der Waals surface area contributed by atoms with Crippen molar-refractivity contribution in [3.8, 4) is 11.5 Å². The van der Waals surface area contributed by atoms with Gasteiger partial charge >= 0.3 is 0 Å². The van der Waals surface area contributed by atoms with Gasteiger partial charge in [-0.1, -0.05) is 6.07 Å². The second-order valence-electron chi connectivity index (χ2n) is 3.33. The number of hydrogen-bond donors (Lipinski definition) is 1. The largest absolute Gasteiger partial charge is 0.454 e. The third-order valence-corrected chi connectivity index (χ3v) is 2.75. The zero-order valence-electron chi connectivity index (χ0n) is 8.58. The summed E-state index contributed by atoms with van der Waals surface area (Å²) in [6.07, 6.45) is 0. The van der Waals surface area contributed by atoms with E-state index in [0.29, 0.717) is 10.2 Å². The van der Waals surface area contributed by atoms with Crippen molar-refractivity contribution in [3.05, 3.63) is 52.5 Å². The van der Waals surface area contributed by atoms with Crippen LogP contribution in [0.1, 0.15) is 0 Å². The van der Waals surface area contributed by atoms with Crippen LogP contribution in [0.4, 0.5) is 14.5 Å². The lowest BCUT2D eigenvalue weighted by molar-refractivity contribution is 0.475. The minimum atomic E-state index is -0.555. The van der Waals surface area contributed by atoms with Gasteiger partial charge in [0.15, 0.2) is 5.75 Å². The summed E-state index contributed by atoms with van der Waals surface area (Å²) in [5.74, 6) is -0.391. The minimum Gasteiger partial charge on any atom is -0.454 e. The topological polar surface area (TPSA) is 35.2 Å². The maximum atomic E-state index is 13.2. The van der Waals surface area contributed by atoms with Gasteiger partial charge in [-0.25, -0.2) is 8.78 Å². The Morgan fingerprint density at radius 1 is 1.06 bits per heavy atom. The summed E-state index contributed by atoms with van der Waals surface area (Å²) in [6, 6.07) is 8.19. The van der Waals surface area contributed by atoms with Gasteiger partial charge in [-0.3, -0.25) is 0 Å². The Kier molecular flexibility index (Phi) is 3.28. The summed E-state index contributed by atoms with van der Waals surface area (Å²) < 4.78 is 31.9. The van der Waals surface area contributed by atoms with Crippen LogP contribution >= 0.6 is 15.9 Å². The van der Waals surface area contributed by atoms with E-state index in [-0.39, 0.29) is 11.4 Å². The Bertz CT molecular complexity index is 560. The molecule has 0 aromatic heterocycles. The number of nitrogen functional groups attached to an aromatic ring is 1. The van der Waals surface area contributed by atoms with Crippen LogP contribution in [-0.2, 0) is 0 Å². The zero-order valence-corrected chi connectivity index (χ0v) is 10.2. The van der Waals surface area contributed by atoms with Crippen LogP contribution in [0.25, 0.3) is 0 Å². The SMILES string of the molecule is Nc1c(F)cccc1Oc1ccc(F)cc1Br. The van der Waals surface area contributed by atoms with Gasteiger partial charge < -0.3 is 10.5 Å². The average molecular weight is 300 g/mol. The fraction of sp³-hybridized carbons (Fsp3) is 0. The zero-order chi connectivity index (χ0) is 12.4. The van der Waals surface area contributed by atoms with Crippen LogP contribution in [0.3, 0.4) is 0 Å². The minimum absolute atomic E-state index is 0.0799. The molecule has 2 nitrogen and oxygen atoms in total. The van der Waals surface area contributed by atoms with Crippen LogP contribution in [0, 0.1) is 11.6 Å². The number of rotatable bonds is 2. The molecule has 0 aliphatic rings. The van der Waals surface area contributed by atoms with Gasteiger partial charge in [0.05, 0.1) is 4.47 Å². The molecule has 0 atom stereocenters. The van der Waals surface area contributed by atoms with E-state index in [2.05, 4.69) is 15.9 Å². The number of para-hydroxylation sites is 1.